The van der Waals surface area contributed by atoms with Crippen LogP contribution in [0.4, 0.5) is 0 Å². The number of methoxy groups -OCH3 is 1. The van der Waals surface area contributed by atoms with Crippen molar-refractivity contribution in [2.24, 2.45) is 4.99 Å². The summed E-state index contributed by atoms with van der Waals surface area (Å²) in [5.74, 6) is -0.430. The van der Waals surface area contributed by atoms with Crippen molar-refractivity contribution >= 4 is 56.6 Å². The number of hydrogen-bond acceptors (Lipinski definition) is 5. The van der Waals surface area contributed by atoms with Gasteiger partial charge in [-0.2, -0.15) is 4.99 Å². The van der Waals surface area contributed by atoms with Crippen molar-refractivity contribution in [2.75, 3.05) is 13.7 Å². The maximum Gasteiger partial charge on any atom is 0.325 e. The first-order valence-electron chi connectivity index (χ1n) is 7.79. The molecule has 2 aromatic carbocycles. The second kappa shape index (κ2) is 8.56. The lowest BCUT2D eigenvalue weighted by Gasteiger charge is -2.06. The Morgan fingerprint density at radius 3 is 2.59 bits per heavy atom. The highest BCUT2D eigenvalue weighted by molar-refractivity contribution is 7.16. The van der Waals surface area contributed by atoms with Crippen LogP contribution in [0, 0.1) is 0 Å². The average Bonchev–Trinajstić information content (AvgIpc) is 3.01. The van der Waals surface area contributed by atoms with E-state index in [0.29, 0.717) is 21.1 Å². The van der Waals surface area contributed by atoms with E-state index in [0.717, 1.165) is 4.70 Å². The molecule has 0 fully saturated rings. The fraction of sp³-hybridized carbons (Fsp3) is 0.167. The summed E-state index contributed by atoms with van der Waals surface area (Å²) in [5.41, 5.74) is 0.523. The molecule has 0 saturated carbocycles. The van der Waals surface area contributed by atoms with E-state index in [2.05, 4.69) is 4.99 Å². The Morgan fingerprint density at radius 2 is 1.89 bits per heavy atom. The summed E-state index contributed by atoms with van der Waals surface area (Å²) in [6.45, 7) is -0.382. The number of ether oxygens (including phenoxy) is 2. The Bertz CT molecular complexity index is 1060. The number of halogens is 2. The quantitative estimate of drug-likeness (QED) is 0.585. The zero-order valence-corrected chi connectivity index (χ0v) is 16.5. The minimum absolute atomic E-state index is 0.151. The molecule has 27 heavy (non-hydrogen) atoms. The molecule has 1 amide bonds. The number of aromatic nitrogens is 1. The summed E-state index contributed by atoms with van der Waals surface area (Å²) in [4.78, 5) is 28.4. The summed E-state index contributed by atoms with van der Waals surface area (Å²) in [5, 5.41) is 0.620. The van der Waals surface area contributed by atoms with Crippen LogP contribution in [-0.2, 0) is 20.9 Å². The van der Waals surface area contributed by atoms with Crippen LogP contribution in [0.2, 0.25) is 10.0 Å². The van der Waals surface area contributed by atoms with E-state index in [1.54, 1.807) is 36.4 Å². The monoisotopic (exact) mass is 424 g/mol. The number of carbonyl (C=O) groups excluding carboxylic acids is 2. The molecule has 0 atom stereocenters. The number of benzene rings is 2. The van der Waals surface area contributed by atoms with Gasteiger partial charge in [-0.3, -0.25) is 9.59 Å². The fourth-order valence-electron chi connectivity index (χ4n) is 2.33. The SMILES string of the molecule is COC(=O)Cn1c(=NC(=O)COc2ccccc2)sc2ccc(Cl)c(Cl)c21. The molecule has 0 N–H and O–H groups in total. The lowest BCUT2D eigenvalue weighted by molar-refractivity contribution is -0.141. The van der Waals surface area contributed by atoms with Crippen molar-refractivity contribution in [3.63, 3.8) is 0 Å². The number of thiazole rings is 1. The topological polar surface area (TPSA) is 69.9 Å². The lowest BCUT2D eigenvalue weighted by Crippen LogP contribution is -2.23. The van der Waals surface area contributed by atoms with Gasteiger partial charge in [0, 0.05) is 0 Å². The summed E-state index contributed by atoms with van der Waals surface area (Å²) >= 11 is 13.6. The predicted molar refractivity (Wildman–Crippen MR) is 104 cm³/mol. The molecule has 0 aliphatic rings. The number of amides is 1. The molecule has 3 aromatic rings. The molecule has 0 aliphatic carbocycles. The zero-order chi connectivity index (χ0) is 19.4. The third kappa shape index (κ3) is 4.50. The van der Waals surface area contributed by atoms with Crippen molar-refractivity contribution in [3.8, 4) is 5.75 Å². The van der Waals surface area contributed by atoms with E-state index in [-0.39, 0.29) is 18.2 Å². The van der Waals surface area contributed by atoms with Crippen molar-refractivity contribution < 1.29 is 19.1 Å². The molecule has 0 unspecified atom stereocenters. The smallest absolute Gasteiger partial charge is 0.325 e. The van der Waals surface area contributed by atoms with Crippen molar-refractivity contribution in [2.45, 2.75) is 6.54 Å². The van der Waals surface area contributed by atoms with E-state index >= 15 is 0 Å². The molecular formula is C18H14Cl2N2O4S. The molecular weight excluding hydrogens is 411 g/mol. The average molecular weight is 425 g/mol. The Morgan fingerprint density at radius 1 is 1.15 bits per heavy atom. The van der Waals surface area contributed by atoms with Gasteiger partial charge in [0.25, 0.3) is 5.91 Å². The number of rotatable bonds is 5. The fourth-order valence-corrected chi connectivity index (χ4v) is 3.86. The van der Waals surface area contributed by atoms with Gasteiger partial charge in [0.05, 0.1) is 27.4 Å². The van der Waals surface area contributed by atoms with Crippen LogP contribution in [0.15, 0.2) is 47.5 Å². The van der Waals surface area contributed by atoms with Crippen LogP contribution in [0.5, 0.6) is 5.75 Å². The zero-order valence-electron chi connectivity index (χ0n) is 14.1. The van der Waals surface area contributed by atoms with Crippen molar-refractivity contribution in [1.82, 2.24) is 4.57 Å². The third-order valence-corrected chi connectivity index (χ3v) is 5.41. The summed E-state index contributed by atoms with van der Waals surface area (Å²) < 4.78 is 12.4. The van der Waals surface area contributed by atoms with Gasteiger partial charge >= 0.3 is 5.97 Å². The Hall–Kier alpha value is -2.35. The van der Waals surface area contributed by atoms with Crippen molar-refractivity contribution in [1.29, 1.82) is 0 Å². The Balaban J connectivity index is 1.97. The molecule has 1 aromatic heterocycles. The van der Waals surface area contributed by atoms with Crippen molar-refractivity contribution in [3.05, 3.63) is 57.3 Å². The molecule has 0 spiro atoms. The third-order valence-electron chi connectivity index (χ3n) is 3.57. The number of esters is 1. The van der Waals surface area contributed by atoms with Crippen LogP contribution in [0.3, 0.4) is 0 Å². The Labute approximate surface area is 168 Å². The largest absolute Gasteiger partial charge is 0.484 e. The maximum atomic E-state index is 12.2. The van der Waals surface area contributed by atoms with Crippen LogP contribution < -0.4 is 9.54 Å². The molecule has 9 heteroatoms. The molecule has 6 nitrogen and oxygen atoms in total. The number of fused-ring (bicyclic) bond motifs is 1. The molecule has 0 bridgehead atoms. The Kier molecular flexibility index (Phi) is 6.15. The van der Waals surface area contributed by atoms with E-state index in [1.807, 2.05) is 6.07 Å². The number of nitrogens with zero attached hydrogens (tertiary/aromatic N) is 2. The van der Waals surface area contributed by atoms with E-state index < -0.39 is 11.9 Å². The summed E-state index contributed by atoms with van der Waals surface area (Å²) in [6.07, 6.45) is 0. The van der Waals surface area contributed by atoms with Crippen LogP contribution >= 0.6 is 34.5 Å². The standard InChI is InChI=1S/C18H14Cl2N2O4S/c1-25-15(24)9-22-17-13(8-7-12(19)16(17)20)27-18(22)21-14(23)10-26-11-5-3-2-4-6-11/h2-8H,9-10H2,1H3. The summed E-state index contributed by atoms with van der Waals surface area (Å²) in [7, 11) is 1.28. The molecule has 3 rings (SSSR count). The predicted octanol–water partition coefficient (Wildman–Crippen LogP) is 3.69. The highest BCUT2D eigenvalue weighted by atomic mass is 35.5. The molecule has 140 valence electrons. The first kappa shape index (κ1) is 19.4. The molecule has 0 radical (unpaired) electrons. The van der Waals surface area contributed by atoms with Gasteiger partial charge in [-0.1, -0.05) is 52.7 Å². The van der Waals surface area contributed by atoms with Gasteiger partial charge < -0.3 is 14.0 Å². The highest BCUT2D eigenvalue weighted by Gasteiger charge is 2.16. The number of carbonyl (C=O) groups is 2. The first-order valence-corrected chi connectivity index (χ1v) is 9.36. The van der Waals surface area contributed by atoms with Crippen LogP contribution in [-0.4, -0.2) is 30.2 Å². The second-order valence-electron chi connectivity index (χ2n) is 5.36. The van der Waals surface area contributed by atoms with E-state index in [4.69, 9.17) is 32.7 Å². The van der Waals surface area contributed by atoms with Gasteiger partial charge in [0.1, 0.15) is 12.3 Å². The highest BCUT2D eigenvalue weighted by Crippen LogP contribution is 2.32. The van der Waals surface area contributed by atoms with Gasteiger partial charge in [-0.15, -0.1) is 0 Å². The molecule has 0 saturated heterocycles. The van der Waals surface area contributed by atoms with E-state index in [1.165, 1.54) is 23.0 Å². The first-order chi connectivity index (χ1) is 13.0. The maximum absolute atomic E-state index is 12.2. The molecule has 1 heterocycles. The minimum Gasteiger partial charge on any atom is -0.484 e. The van der Waals surface area contributed by atoms with Gasteiger partial charge in [-0.25, -0.2) is 0 Å². The minimum atomic E-state index is -0.500. The normalized spacial score (nSPS) is 11.6. The second-order valence-corrected chi connectivity index (χ2v) is 7.16. The van der Waals surface area contributed by atoms with Gasteiger partial charge in [-0.05, 0) is 24.3 Å². The van der Waals surface area contributed by atoms with Gasteiger partial charge in [0.2, 0.25) is 0 Å². The lowest BCUT2D eigenvalue weighted by atomic mass is 10.3. The van der Waals surface area contributed by atoms with Crippen LogP contribution in [0.1, 0.15) is 0 Å². The van der Waals surface area contributed by atoms with E-state index in [9.17, 15) is 9.59 Å². The summed E-state index contributed by atoms with van der Waals surface area (Å²) in [6, 6.07) is 12.3. The van der Waals surface area contributed by atoms with Gasteiger partial charge in [0.15, 0.2) is 11.4 Å². The van der Waals surface area contributed by atoms with Crippen LogP contribution in [0.25, 0.3) is 10.2 Å². The molecule has 0 aliphatic heterocycles. The number of hydrogen-bond donors (Lipinski definition) is 0. The number of para-hydroxylation sites is 1.